The summed E-state index contributed by atoms with van der Waals surface area (Å²) in [5.41, 5.74) is 5.78. The summed E-state index contributed by atoms with van der Waals surface area (Å²) in [4.78, 5) is 8.13. The molecular formula is C12H18N4O. The second-order valence-electron chi connectivity index (χ2n) is 4.62. The molecule has 0 bridgehead atoms. The van der Waals surface area contributed by atoms with Crippen LogP contribution < -0.4 is 10.5 Å². The molecule has 2 rings (SSSR count). The molecule has 3 N–H and O–H groups in total. The molecule has 0 unspecified atom stereocenters. The van der Waals surface area contributed by atoms with Crippen molar-refractivity contribution in [2.45, 2.75) is 38.7 Å². The van der Waals surface area contributed by atoms with E-state index in [1.807, 2.05) is 0 Å². The fourth-order valence-electron chi connectivity index (χ4n) is 2.10. The van der Waals surface area contributed by atoms with Crippen molar-refractivity contribution < 1.29 is 4.74 Å². The highest BCUT2D eigenvalue weighted by molar-refractivity contribution is 5.94. The van der Waals surface area contributed by atoms with Gasteiger partial charge in [0.05, 0.1) is 0 Å². The molecule has 0 aliphatic heterocycles. The Labute approximate surface area is 101 Å². The van der Waals surface area contributed by atoms with E-state index in [1.54, 1.807) is 6.20 Å². The average Bonchev–Trinajstić information content (AvgIpc) is 2.32. The highest BCUT2D eigenvalue weighted by Crippen LogP contribution is 2.27. The molecule has 0 spiro atoms. The van der Waals surface area contributed by atoms with E-state index in [2.05, 4.69) is 16.9 Å². The zero-order valence-corrected chi connectivity index (χ0v) is 10.0. The van der Waals surface area contributed by atoms with Crippen molar-refractivity contribution in [3.05, 3.63) is 18.1 Å². The minimum absolute atomic E-state index is 0.0997. The summed E-state index contributed by atoms with van der Waals surface area (Å²) in [5, 5.41) is 7.42. The van der Waals surface area contributed by atoms with Crippen molar-refractivity contribution in [1.82, 2.24) is 9.97 Å². The van der Waals surface area contributed by atoms with Gasteiger partial charge in [-0.25, -0.2) is 9.97 Å². The van der Waals surface area contributed by atoms with E-state index in [0.717, 1.165) is 18.8 Å². The molecule has 1 aromatic rings. The molecule has 0 aromatic carbocycles. The fourth-order valence-corrected chi connectivity index (χ4v) is 2.10. The highest BCUT2D eigenvalue weighted by atomic mass is 16.5. The van der Waals surface area contributed by atoms with E-state index < -0.39 is 0 Å². The van der Waals surface area contributed by atoms with Gasteiger partial charge in [-0.15, -0.1) is 0 Å². The van der Waals surface area contributed by atoms with Crippen LogP contribution in [0.4, 0.5) is 0 Å². The molecular weight excluding hydrogens is 216 g/mol. The van der Waals surface area contributed by atoms with Crippen LogP contribution in [0.15, 0.2) is 12.4 Å². The molecule has 0 amide bonds. The SMILES string of the molecule is CC1CCC(Oc2nccnc2C(=N)N)CC1. The minimum atomic E-state index is -0.0997. The first kappa shape index (κ1) is 11.8. The maximum atomic E-state index is 7.42. The zero-order chi connectivity index (χ0) is 12.3. The monoisotopic (exact) mass is 234 g/mol. The number of hydrogen-bond acceptors (Lipinski definition) is 4. The van der Waals surface area contributed by atoms with E-state index in [1.165, 1.54) is 19.0 Å². The van der Waals surface area contributed by atoms with E-state index in [9.17, 15) is 0 Å². The molecule has 1 fully saturated rings. The number of ether oxygens (including phenoxy) is 1. The van der Waals surface area contributed by atoms with E-state index in [4.69, 9.17) is 15.9 Å². The van der Waals surface area contributed by atoms with Crippen molar-refractivity contribution in [3.63, 3.8) is 0 Å². The summed E-state index contributed by atoms with van der Waals surface area (Å²) >= 11 is 0. The molecule has 0 atom stereocenters. The second kappa shape index (κ2) is 5.12. The van der Waals surface area contributed by atoms with Gasteiger partial charge in [-0.05, 0) is 31.6 Å². The van der Waals surface area contributed by atoms with Gasteiger partial charge in [0.2, 0.25) is 5.88 Å². The number of amidine groups is 1. The van der Waals surface area contributed by atoms with Crippen LogP contribution in [0.3, 0.4) is 0 Å². The molecule has 1 aromatic heterocycles. The van der Waals surface area contributed by atoms with Gasteiger partial charge in [0.25, 0.3) is 0 Å². The number of nitrogens with one attached hydrogen (secondary N) is 1. The maximum absolute atomic E-state index is 7.42. The number of aromatic nitrogens is 2. The maximum Gasteiger partial charge on any atom is 0.244 e. The predicted molar refractivity (Wildman–Crippen MR) is 65.1 cm³/mol. The Kier molecular flexibility index (Phi) is 3.56. The van der Waals surface area contributed by atoms with Crippen LogP contribution >= 0.6 is 0 Å². The molecule has 92 valence electrons. The van der Waals surface area contributed by atoms with Crippen LogP contribution in [0.25, 0.3) is 0 Å². The first-order valence-corrected chi connectivity index (χ1v) is 5.99. The lowest BCUT2D eigenvalue weighted by molar-refractivity contribution is 0.129. The summed E-state index contributed by atoms with van der Waals surface area (Å²) in [6, 6.07) is 0. The standard InChI is InChI=1S/C12H18N4O/c1-8-2-4-9(5-3-8)17-12-10(11(13)14)15-6-7-16-12/h6-9H,2-5H2,1H3,(H3,13,14). The first-order valence-electron chi connectivity index (χ1n) is 5.99. The van der Waals surface area contributed by atoms with Crippen molar-refractivity contribution in [2.24, 2.45) is 11.7 Å². The Morgan fingerprint density at radius 3 is 2.59 bits per heavy atom. The highest BCUT2D eigenvalue weighted by Gasteiger charge is 2.21. The van der Waals surface area contributed by atoms with E-state index >= 15 is 0 Å². The van der Waals surface area contributed by atoms with Crippen LogP contribution in [0.5, 0.6) is 5.88 Å². The fraction of sp³-hybridized carbons (Fsp3) is 0.583. The quantitative estimate of drug-likeness (QED) is 0.616. The Hall–Kier alpha value is -1.65. The van der Waals surface area contributed by atoms with Gasteiger partial charge in [0.15, 0.2) is 5.69 Å². The van der Waals surface area contributed by atoms with Gasteiger partial charge in [-0.3, -0.25) is 5.41 Å². The lowest BCUT2D eigenvalue weighted by atomic mass is 9.89. The minimum Gasteiger partial charge on any atom is -0.473 e. The lowest BCUT2D eigenvalue weighted by Gasteiger charge is -2.26. The molecule has 17 heavy (non-hydrogen) atoms. The number of hydrogen-bond donors (Lipinski definition) is 2. The summed E-state index contributed by atoms with van der Waals surface area (Å²) in [6.45, 7) is 2.26. The van der Waals surface area contributed by atoms with Gasteiger partial charge < -0.3 is 10.5 Å². The summed E-state index contributed by atoms with van der Waals surface area (Å²) < 4.78 is 5.80. The second-order valence-corrected chi connectivity index (χ2v) is 4.62. The summed E-state index contributed by atoms with van der Waals surface area (Å²) in [7, 11) is 0. The first-order chi connectivity index (χ1) is 8.16. The van der Waals surface area contributed by atoms with Crippen molar-refractivity contribution in [1.29, 1.82) is 5.41 Å². The summed E-state index contributed by atoms with van der Waals surface area (Å²) in [5.74, 6) is 1.07. The van der Waals surface area contributed by atoms with Crippen LogP contribution in [-0.4, -0.2) is 21.9 Å². The van der Waals surface area contributed by atoms with Crippen LogP contribution in [0, 0.1) is 11.3 Å². The third kappa shape index (κ3) is 2.93. The molecule has 5 heteroatoms. The largest absolute Gasteiger partial charge is 0.473 e. The number of rotatable bonds is 3. The third-order valence-electron chi connectivity index (χ3n) is 3.16. The van der Waals surface area contributed by atoms with Crippen molar-refractivity contribution >= 4 is 5.84 Å². The van der Waals surface area contributed by atoms with E-state index in [0.29, 0.717) is 11.6 Å². The topological polar surface area (TPSA) is 84.9 Å². The third-order valence-corrected chi connectivity index (χ3v) is 3.16. The average molecular weight is 234 g/mol. The number of nitrogens with two attached hydrogens (primary N) is 1. The Bertz CT molecular complexity index is 399. The molecule has 1 aliphatic rings. The number of nitrogen functional groups attached to an aromatic ring is 1. The number of nitrogens with zero attached hydrogens (tertiary/aromatic N) is 2. The summed E-state index contributed by atoms with van der Waals surface area (Å²) in [6.07, 6.45) is 7.70. The van der Waals surface area contributed by atoms with Crippen LogP contribution in [0.1, 0.15) is 38.3 Å². The Balaban J connectivity index is 2.05. The smallest absolute Gasteiger partial charge is 0.244 e. The Morgan fingerprint density at radius 1 is 1.29 bits per heavy atom. The van der Waals surface area contributed by atoms with Crippen LogP contribution in [-0.2, 0) is 0 Å². The van der Waals surface area contributed by atoms with Crippen molar-refractivity contribution in [3.8, 4) is 5.88 Å². The van der Waals surface area contributed by atoms with Crippen LogP contribution in [0.2, 0.25) is 0 Å². The van der Waals surface area contributed by atoms with Gasteiger partial charge in [-0.1, -0.05) is 6.92 Å². The molecule has 1 saturated carbocycles. The lowest BCUT2D eigenvalue weighted by Crippen LogP contribution is -2.25. The normalized spacial score (nSPS) is 24.3. The molecule has 0 radical (unpaired) electrons. The van der Waals surface area contributed by atoms with Gasteiger partial charge in [0.1, 0.15) is 11.9 Å². The molecule has 1 aliphatic carbocycles. The molecule has 1 heterocycles. The van der Waals surface area contributed by atoms with E-state index in [-0.39, 0.29) is 11.9 Å². The Morgan fingerprint density at radius 2 is 1.94 bits per heavy atom. The molecule has 5 nitrogen and oxygen atoms in total. The molecule has 0 saturated heterocycles. The van der Waals surface area contributed by atoms with Gasteiger partial charge in [0, 0.05) is 12.4 Å². The zero-order valence-electron chi connectivity index (χ0n) is 10.0. The van der Waals surface area contributed by atoms with Gasteiger partial charge >= 0.3 is 0 Å². The predicted octanol–water partition coefficient (Wildman–Crippen LogP) is 1.72. The van der Waals surface area contributed by atoms with Crippen molar-refractivity contribution in [2.75, 3.05) is 0 Å². The van der Waals surface area contributed by atoms with Gasteiger partial charge in [-0.2, -0.15) is 0 Å².